The van der Waals surface area contributed by atoms with E-state index in [1.807, 2.05) is 43.3 Å². The quantitative estimate of drug-likeness (QED) is 0.577. The summed E-state index contributed by atoms with van der Waals surface area (Å²) in [6.45, 7) is 2.94. The number of benzene rings is 1. The Kier molecular flexibility index (Phi) is 5.26. The predicted octanol–water partition coefficient (Wildman–Crippen LogP) is 3.10. The summed E-state index contributed by atoms with van der Waals surface area (Å²) in [5.74, 6) is 0.916. The lowest BCUT2D eigenvalue weighted by Gasteiger charge is -2.14. The molecule has 0 amide bonds. The molecule has 88 valence electrons. The lowest BCUT2D eigenvalue weighted by atomic mass is 10.2. The Balaban J connectivity index is 2.57. The SMILES string of the molecule is CCCCOc1ccc(C(=S)N(C)C)cc1. The predicted molar refractivity (Wildman–Crippen MR) is 72.2 cm³/mol. The second-order valence-corrected chi connectivity index (χ2v) is 4.31. The first-order valence-electron chi connectivity index (χ1n) is 5.59. The number of rotatable bonds is 5. The summed E-state index contributed by atoms with van der Waals surface area (Å²) >= 11 is 5.28. The summed E-state index contributed by atoms with van der Waals surface area (Å²) in [6.07, 6.45) is 2.25. The standard InChI is InChI=1S/C13H19NOS/c1-4-5-10-15-12-8-6-11(7-9-12)13(16)14(2)3/h6-9H,4-5,10H2,1-3H3. The van der Waals surface area contributed by atoms with Crippen LogP contribution in [0.5, 0.6) is 5.75 Å². The first kappa shape index (κ1) is 13.0. The Morgan fingerprint density at radius 2 is 1.88 bits per heavy atom. The minimum atomic E-state index is 0.786. The van der Waals surface area contributed by atoms with Crippen LogP contribution in [0.4, 0.5) is 0 Å². The number of nitrogens with zero attached hydrogens (tertiary/aromatic N) is 1. The van der Waals surface area contributed by atoms with Gasteiger partial charge in [0, 0.05) is 19.7 Å². The Morgan fingerprint density at radius 1 is 1.25 bits per heavy atom. The van der Waals surface area contributed by atoms with Gasteiger partial charge >= 0.3 is 0 Å². The Hall–Kier alpha value is -1.09. The van der Waals surface area contributed by atoms with Crippen molar-refractivity contribution in [2.75, 3.05) is 20.7 Å². The monoisotopic (exact) mass is 237 g/mol. The maximum Gasteiger partial charge on any atom is 0.119 e. The molecule has 0 aliphatic rings. The molecule has 1 aromatic carbocycles. The Labute approximate surface area is 103 Å². The van der Waals surface area contributed by atoms with Crippen molar-refractivity contribution in [2.24, 2.45) is 0 Å². The molecule has 16 heavy (non-hydrogen) atoms. The molecule has 0 fully saturated rings. The van der Waals surface area contributed by atoms with Gasteiger partial charge in [-0.1, -0.05) is 25.6 Å². The molecule has 3 heteroatoms. The average molecular weight is 237 g/mol. The molecule has 0 unspecified atom stereocenters. The lowest BCUT2D eigenvalue weighted by Crippen LogP contribution is -2.20. The van der Waals surface area contributed by atoms with E-state index in [1.165, 1.54) is 0 Å². The van der Waals surface area contributed by atoms with Gasteiger partial charge in [-0.25, -0.2) is 0 Å². The molecule has 0 N–H and O–H groups in total. The van der Waals surface area contributed by atoms with Crippen molar-refractivity contribution in [1.82, 2.24) is 4.90 Å². The van der Waals surface area contributed by atoms with E-state index in [4.69, 9.17) is 17.0 Å². The number of hydrogen-bond donors (Lipinski definition) is 0. The van der Waals surface area contributed by atoms with Gasteiger partial charge in [-0.05, 0) is 30.7 Å². The second kappa shape index (κ2) is 6.48. The van der Waals surface area contributed by atoms with E-state index < -0.39 is 0 Å². The third-order valence-corrected chi connectivity index (χ3v) is 2.87. The third-order valence-electron chi connectivity index (χ3n) is 2.27. The van der Waals surface area contributed by atoms with Gasteiger partial charge in [-0.3, -0.25) is 0 Å². The normalized spacial score (nSPS) is 9.94. The van der Waals surface area contributed by atoms with Crippen LogP contribution >= 0.6 is 12.2 Å². The number of unbranched alkanes of at least 4 members (excludes halogenated alkanes) is 1. The fraction of sp³-hybridized carbons (Fsp3) is 0.462. The van der Waals surface area contributed by atoms with E-state index in [-0.39, 0.29) is 0 Å². The minimum Gasteiger partial charge on any atom is -0.494 e. The van der Waals surface area contributed by atoms with Crippen molar-refractivity contribution in [2.45, 2.75) is 19.8 Å². The van der Waals surface area contributed by atoms with Gasteiger partial charge in [-0.15, -0.1) is 0 Å². The van der Waals surface area contributed by atoms with Crippen LogP contribution in [0.25, 0.3) is 0 Å². The first-order chi connectivity index (χ1) is 7.65. The highest BCUT2D eigenvalue weighted by Crippen LogP contribution is 2.14. The van der Waals surface area contributed by atoms with Crippen LogP contribution in [0.3, 0.4) is 0 Å². The van der Waals surface area contributed by atoms with Gasteiger partial charge in [0.15, 0.2) is 0 Å². The highest BCUT2D eigenvalue weighted by Gasteiger charge is 2.02. The fourth-order valence-corrected chi connectivity index (χ4v) is 1.42. The van der Waals surface area contributed by atoms with E-state index in [9.17, 15) is 0 Å². The van der Waals surface area contributed by atoms with Crippen LogP contribution in [0.2, 0.25) is 0 Å². The van der Waals surface area contributed by atoms with Crippen molar-refractivity contribution in [3.63, 3.8) is 0 Å². The fourth-order valence-electron chi connectivity index (χ4n) is 1.29. The van der Waals surface area contributed by atoms with Crippen LogP contribution in [0.15, 0.2) is 24.3 Å². The molecule has 0 aliphatic carbocycles. The van der Waals surface area contributed by atoms with Crippen LogP contribution < -0.4 is 4.74 Å². The van der Waals surface area contributed by atoms with Crippen molar-refractivity contribution >= 4 is 17.2 Å². The molecular weight excluding hydrogens is 218 g/mol. The van der Waals surface area contributed by atoms with Crippen molar-refractivity contribution in [3.05, 3.63) is 29.8 Å². The van der Waals surface area contributed by atoms with Gasteiger partial charge in [0.05, 0.1) is 6.61 Å². The lowest BCUT2D eigenvalue weighted by molar-refractivity contribution is 0.309. The molecule has 0 radical (unpaired) electrons. The summed E-state index contributed by atoms with van der Waals surface area (Å²) in [7, 11) is 3.90. The van der Waals surface area contributed by atoms with Crippen molar-refractivity contribution in [3.8, 4) is 5.75 Å². The van der Waals surface area contributed by atoms with Gasteiger partial charge in [0.25, 0.3) is 0 Å². The van der Waals surface area contributed by atoms with Crippen molar-refractivity contribution in [1.29, 1.82) is 0 Å². The van der Waals surface area contributed by atoms with E-state index in [0.717, 1.165) is 35.7 Å². The van der Waals surface area contributed by atoms with E-state index in [0.29, 0.717) is 0 Å². The molecule has 1 rings (SSSR count). The second-order valence-electron chi connectivity index (χ2n) is 3.93. The zero-order chi connectivity index (χ0) is 12.0. The van der Waals surface area contributed by atoms with E-state index in [2.05, 4.69) is 6.92 Å². The van der Waals surface area contributed by atoms with Crippen LogP contribution in [0.1, 0.15) is 25.3 Å². The molecule has 0 saturated carbocycles. The van der Waals surface area contributed by atoms with E-state index >= 15 is 0 Å². The summed E-state index contributed by atoms with van der Waals surface area (Å²) in [6, 6.07) is 7.95. The van der Waals surface area contributed by atoms with Crippen LogP contribution in [0, 0.1) is 0 Å². The van der Waals surface area contributed by atoms with Crippen molar-refractivity contribution < 1.29 is 4.74 Å². The van der Waals surface area contributed by atoms with Crippen LogP contribution in [-0.4, -0.2) is 30.6 Å². The maximum absolute atomic E-state index is 5.58. The summed E-state index contributed by atoms with van der Waals surface area (Å²) < 4.78 is 5.58. The molecule has 0 aliphatic heterocycles. The average Bonchev–Trinajstić information content (AvgIpc) is 2.29. The molecule has 0 spiro atoms. The van der Waals surface area contributed by atoms with E-state index in [1.54, 1.807) is 0 Å². The largest absolute Gasteiger partial charge is 0.494 e. The molecule has 0 heterocycles. The number of ether oxygens (including phenoxy) is 1. The summed E-state index contributed by atoms with van der Waals surface area (Å²) in [5, 5.41) is 0. The Bertz CT molecular complexity index is 332. The summed E-state index contributed by atoms with van der Waals surface area (Å²) in [5.41, 5.74) is 1.06. The third kappa shape index (κ3) is 3.81. The van der Waals surface area contributed by atoms with Gasteiger partial charge < -0.3 is 9.64 Å². The highest BCUT2D eigenvalue weighted by molar-refractivity contribution is 7.80. The Morgan fingerprint density at radius 3 is 2.38 bits per heavy atom. The smallest absolute Gasteiger partial charge is 0.119 e. The molecular formula is C13H19NOS. The molecule has 0 bridgehead atoms. The zero-order valence-corrected chi connectivity index (χ0v) is 11.0. The minimum absolute atomic E-state index is 0.786. The van der Waals surface area contributed by atoms with Gasteiger partial charge in [-0.2, -0.15) is 0 Å². The first-order valence-corrected chi connectivity index (χ1v) is 6.00. The molecule has 0 atom stereocenters. The maximum atomic E-state index is 5.58. The number of hydrogen-bond acceptors (Lipinski definition) is 2. The summed E-state index contributed by atoms with van der Waals surface area (Å²) in [4.78, 5) is 2.78. The molecule has 1 aromatic rings. The van der Waals surface area contributed by atoms with Gasteiger partial charge in [0.2, 0.25) is 0 Å². The highest BCUT2D eigenvalue weighted by atomic mass is 32.1. The topological polar surface area (TPSA) is 12.5 Å². The molecule has 2 nitrogen and oxygen atoms in total. The van der Waals surface area contributed by atoms with Gasteiger partial charge in [0.1, 0.15) is 10.7 Å². The molecule has 0 saturated heterocycles. The zero-order valence-electron chi connectivity index (χ0n) is 10.2. The molecule has 0 aromatic heterocycles. The number of thiocarbonyl (C=S) groups is 1. The van der Waals surface area contributed by atoms with Crippen LogP contribution in [-0.2, 0) is 0 Å².